The summed E-state index contributed by atoms with van der Waals surface area (Å²) in [5, 5.41) is 0. The van der Waals surface area contributed by atoms with Crippen LogP contribution in [0.1, 0.15) is 44.5 Å². The molecule has 3 heteroatoms. The molecule has 3 nitrogen and oxygen atoms in total. The van der Waals surface area contributed by atoms with Gasteiger partial charge in [-0.25, -0.2) is 4.98 Å². The van der Waals surface area contributed by atoms with E-state index in [-0.39, 0.29) is 11.5 Å². The standard InChI is InChI=1S/C11H19N3/c1-11(5-3-4-6-11)9(12)10-13-7-8-14(10)2/h7-9H,3-6,12H2,1-2H3. The van der Waals surface area contributed by atoms with E-state index in [1.165, 1.54) is 25.7 Å². The molecule has 1 saturated carbocycles. The van der Waals surface area contributed by atoms with E-state index in [9.17, 15) is 0 Å². The molecule has 0 spiro atoms. The summed E-state index contributed by atoms with van der Waals surface area (Å²) in [6.45, 7) is 2.29. The third-order valence-electron chi connectivity index (χ3n) is 3.63. The van der Waals surface area contributed by atoms with Crippen LogP contribution in [0.4, 0.5) is 0 Å². The fourth-order valence-electron chi connectivity index (χ4n) is 2.48. The van der Waals surface area contributed by atoms with Crippen LogP contribution in [0.25, 0.3) is 0 Å². The minimum atomic E-state index is 0.0880. The number of nitrogens with two attached hydrogens (primary N) is 1. The molecule has 1 fully saturated rings. The van der Waals surface area contributed by atoms with Crippen LogP contribution in [0.5, 0.6) is 0 Å². The molecule has 0 saturated heterocycles. The van der Waals surface area contributed by atoms with Crippen LogP contribution < -0.4 is 5.73 Å². The van der Waals surface area contributed by atoms with Crippen molar-refractivity contribution in [2.45, 2.75) is 38.6 Å². The van der Waals surface area contributed by atoms with Gasteiger partial charge in [-0.15, -0.1) is 0 Å². The SMILES string of the molecule is Cn1ccnc1C(N)C1(C)CCCC1. The largest absolute Gasteiger partial charge is 0.337 e. The lowest BCUT2D eigenvalue weighted by Gasteiger charge is -2.30. The zero-order chi connectivity index (χ0) is 10.2. The maximum atomic E-state index is 6.30. The van der Waals surface area contributed by atoms with Crippen molar-refractivity contribution in [2.75, 3.05) is 0 Å². The monoisotopic (exact) mass is 193 g/mol. The maximum absolute atomic E-state index is 6.30. The number of imidazole rings is 1. The quantitative estimate of drug-likeness (QED) is 0.780. The lowest BCUT2D eigenvalue weighted by atomic mass is 9.80. The van der Waals surface area contributed by atoms with Crippen LogP contribution in [0, 0.1) is 5.41 Å². The summed E-state index contributed by atoms with van der Waals surface area (Å²) in [7, 11) is 2.01. The van der Waals surface area contributed by atoms with Gasteiger partial charge in [0.05, 0.1) is 6.04 Å². The molecule has 0 bridgehead atoms. The lowest BCUT2D eigenvalue weighted by molar-refractivity contribution is 0.253. The van der Waals surface area contributed by atoms with Crippen molar-refractivity contribution in [1.82, 2.24) is 9.55 Å². The highest BCUT2D eigenvalue weighted by Crippen LogP contribution is 2.45. The molecule has 14 heavy (non-hydrogen) atoms. The minimum absolute atomic E-state index is 0.0880. The fraction of sp³-hybridized carbons (Fsp3) is 0.727. The maximum Gasteiger partial charge on any atom is 0.125 e. The highest BCUT2D eigenvalue weighted by molar-refractivity contribution is 5.05. The summed E-state index contributed by atoms with van der Waals surface area (Å²) < 4.78 is 2.04. The first-order valence-corrected chi connectivity index (χ1v) is 5.36. The molecule has 0 radical (unpaired) electrons. The molecule has 2 N–H and O–H groups in total. The van der Waals surface area contributed by atoms with Crippen LogP contribution >= 0.6 is 0 Å². The predicted octanol–water partition coefficient (Wildman–Crippen LogP) is 2.00. The van der Waals surface area contributed by atoms with Crippen molar-refractivity contribution in [3.05, 3.63) is 18.2 Å². The van der Waals surface area contributed by atoms with Crippen molar-refractivity contribution in [3.8, 4) is 0 Å². The number of hydrogen-bond donors (Lipinski definition) is 1. The Hall–Kier alpha value is -0.830. The number of rotatable bonds is 2. The van der Waals surface area contributed by atoms with Crippen LogP contribution in [-0.4, -0.2) is 9.55 Å². The highest BCUT2D eigenvalue weighted by atomic mass is 15.1. The average molecular weight is 193 g/mol. The molecule has 1 atom stereocenters. The van der Waals surface area contributed by atoms with Crippen molar-refractivity contribution in [2.24, 2.45) is 18.2 Å². The van der Waals surface area contributed by atoms with Gasteiger partial charge in [-0.05, 0) is 18.3 Å². The summed E-state index contributed by atoms with van der Waals surface area (Å²) in [5.74, 6) is 1.02. The topological polar surface area (TPSA) is 43.8 Å². The Bertz CT molecular complexity index is 310. The molecule has 1 aromatic heterocycles. The lowest BCUT2D eigenvalue weighted by Crippen LogP contribution is -2.31. The third kappa shape index (κ3) is 1.46. The Balaban J connectivity index is 2.23. The van der Waals surface area contributed by atoms with Gasteiger partial charge in [-0.3, -0.25) is 0 Å². The summed E-state index contributed by atoms with van der Waals surface area (Å²) in [5.41, 5.74) is 6.56. The normalized spacial score (nSPS) is 22.5. The van der Waals surface area contributed by atoms with Crippen LogP contribution in [0.15, 0.2) is 12.4 Å². The molecular formula is C11H19N3. The van der Waals surface area contributed by atoms with Crippen LogP contribution in [0.3, 0.4) is 0 Å². The van der Waals surface area contributed by atoms with E-state index in [1.54, 1.807) is 0 Å². The van der Waals surface area contributed by atoms with Gasteiger partial charge in [0.2, 0.25) is 0 Å². The summed E-state index contributed by atoms with van der Waals surface area (Å²) in [6.07, 6.45) is 8.90. The number of hydrogen-bond acceptors (Lipinski definition) is 2. The second-order valence-electron chi connectivity index (χ2n) is 4.74. The van der Waals surface area contributed by atoms with Crippen molar-refractivity contribution in [3.63, 3.8) is 0 Å². The summed E-state index contributed by atoms with van der Waals surface area (Å²) >= 11 is 0. The first-order valence-electron chi connectivity index (χ1n) is 5.36. The van der Waals surface area contributed by atoms with Gasteiger partial charge < -0.3 is 10.3 Å². The minimum Gasteiger partial charge on any atom is -0.337 e. The van der Waals surface area contributed by atoms with Gasteiger partial charge >= 0.3 is 0 Å². The molecular weight excluding hydrogens is 174 g/mol. The molecule has 2 rings (SSSR count). The van der Waals surface area contributed by atoms with Crippen LogP contribution in [-0.2, 0) is 7.05 Å². The average Bonchev–Trinajstić information content (AvgIpc) is 2.74. The van der Waals surface area contributed by atoms with E-state index in [4.69, 9.17) is 5.73 Å². The predicted molar refractivity (Wildman–Crippen MR) is 56.7 cm³/mol. The summed E-state index contributed by atoms with van der Waals surface area (Å²) in [6, 6.07) is 0.0880. The van der Waals surface area contributed by atoms with E-state index >= 15 is 0 Å². The van der Waals surface area contributed by atoms with E-state index in [2.05, 4.69) is 11.9 Å². The zero-order valence-corrected chi connectivity index (χ0v) is 9.03. The van der Waals surface area contributed by atoms with Crippen molar-refractivity contribution in [1.29, 1.82) is 0 Å². The van der Waals surface area contributed by atoms with E-state index in [0.717, 1.165) is 5.82 Å². The Morgan fingerprint density at radius 3 is 2.64 bits per heavy atom. The molecule has 0 amide bonds. The molecule has 1 aromatic rings. The molecule has 0 aliphatic heterocycles. The van der Waals surface area contributed by atoms with E-state index < -0.39 is 0 Å². The Morgan fingerprint density at radius 1 is 1.50 bits per heavy atom. The van der Waals surface area contributed by atoms with Gasteiger partial charge in [-0.2, -0.15) is 0 Å². The van der Waals surface area contributed by atoms with Crippen LogP contribution in [0.2, 0.25) is 0 Å². The van der Waals surface area contributed by atoms with Gasteiger partial charge in [0.15, 0.2) is 0 Å². The Labute approximate surface area is 85.3 Å². The van der Waals surface area contributed by atoms with Gasteiger partial charge in [0.1, 0.15) is 5.82 Å². The van der Waals surface area contributed by atoms with E-state index in [0.29, 0.717) is 0 Å². The molecule has 78 valence electrons. The zero-order valence-electron chi connectivity index (χ0n) is 9.03. The third-order valence-corrected chi connectivity index (χ3v) is 3.63. The van der Waals surface area contributed by atoms with Crippen molar-refractivity contribution < 1.29 is 0 Å². The number of nitrogens with zero attached hydrogens (tertiary/aromatic N) is 2. The second-order valence-corrected chi connectivity index (χ2v) is 4.74. The molecule has 1 aliphatic rings. The first kappa shape index (κ1) is 9.71. The molecule has 1 heterocycles. The molecule has 0 aromatic carbocycles. The first-order chi connectivity index (χ1) is 6.63. The smallest absolute Gasteiger partial charge is 0.125 e. The molecule has 1 unspecified atom stereocenters. The second kappa shape index (κ2) is 3.39. The van der Waals surface area contributed by atoms with Gasteiger partial charge in [-0.1, -0.05) is 19.8 Å². The summed E-state index contributed by atoms with van der Waals surface area (Å²) in [4.78, 5) is 4.34. The Morgan fingerprint density at radius 2 is 2.14 bits per heavy atom. The van der Waals surface area contributed by atoms with Gasteiger partial charge in [0, 0.05) is 19.4 Å². The number of aryl methyl sites for hydroxylation is 1. The van der Waals surface area contributed by atoms with Gasteiger partial charge in [0.25, 0.3) is 0 Å². The highest BCUT2D eigenvalue weighted by Gasteiger charge is 2.37. The number of aromatic nitrogens is 2. The van der Waals surface area contributed by atoms with E-state index in [1.807, 2.05) is 24.0 Å². The molecule has 1 aliphatic carbocycles. The Kier molecular flexibility index (Phi) is 2.35. The fourth-order valence-corrected chi connectivity index (χ4v) is 2.48. The van der Waals surface area contributed by atoms with Crippen molar-refractivity contribution >= 4 is 0 Å².